The molecule has 2 unspecified atom stereocenters. The Morgan fingerprint density at radius 2 is 1.85 bits per heavy atom. The largest absolute Gasteiger partial charge is 0.306 e. The minimum absolute atomic E-state index is 0.557. The Bertz CT molecular complexity index is 165. The molecule has 0 N–H and O–H groups in total. The number of piperidine rings is 1. The lowest BCUT2D eigenvalue weighted by Gasteiger charge is -2.44. The van der Waals surface area contributed by atoms with Crippen LogP contribution in [0.25, 0.3) is 0 Å². The van der Waals surface area contributed by atoms with Gasteiger partial charge in [0.05, 0.1) is 0 Å². The summed E-state index contributed by atoms with van der Waals surface area (Å²) in [5, 5.41) is 0. The average Bonchev–Trinajstić information content (AvgIpc) is 2.02. The quantitative estimate of drug-likeness (QED) is 0.636. The Hall–Kier alpha value is -0.0400. The minimum Gasteiger partial charge on any atom is -0.306 e. The second kappa shape index (κ2) is 4.00. The molecular formula is C12H25N. The highest BCUT2D eigenvalue weighted by molar-refractivity contribution is 4.87. The molecule has 1 nitrogen and oxygen atoms in total. The van der Waals surface area contributed by atoms with E-state index in [1.54, 1.807) is 0 Å². The zero-order chi connectivity index (χ0) is 10.1. The van der Waals surface area contributed by atoms with E-state index in [0.717, 1.165) is 11.8 Å². The van der Waals surface area contributed by atoms with Gasteiger partial charge in [0.2, 0.25) is 0 Å². The summed E-state index contributed by atoms with van der Waals surface area (Å²) in [6.07, 6.45) is 2.79. The molecule has 1 rings (SSSR count). The van der Waals surface area contributed by atoms with Crippen LogP contribution in [-0.4, -0.2) is 25.0 Å². The summed E-state index contributed by atoms with van der Waals surface area (Å²) in [6.45, 7) is 12.2. The highest BCUT2D eigenvalue weighted by Gasteiger charge is 2.35. The lowest BCUT2D eigenvalue weighted by molar-refractivity contribution is 0.0506. The molecule has 13 heavy (non-hydrogen) atoms. The number of likely N-dealkylation sites (tertiary alicyclic amines) is 1. The number of hydrogen-bond donors (Lipinski definition) is 0. The molecule has 1 heteroatoms. The third kappa shape index (κ3) is 2.46. The van der Waals surface area contributed by atoms with Gasteiger partial charge in [-0.1, -0.05) is 27.7 Å². The van der Waals surface area contributed by atoms with Crippen LogP contribution in [0.5, 0.6) is 0 Å². The molecule has 0 amide bonds. The van der Waals surface area contributed by atoms with Crippen molar-refractivity contribution in [1.82, 2.24) is 4.90 Å². The summed E-state index contributed by atoms with van der Waals surface area (Å²) in [5.74, 6) is 1.66. The van der Waals surface area contributed by atoms with Gasteiger partial charge < -0.3 is 4.90 Å². The van der Waals surface area contributed by atoms with Gasteiger partial charge in [-0.25, -0.2) is 0 Å². The van der Waals surface area contributed by atoms with Crippen molar-refractivity contribution in [2.75, 3.05) is 20.1 Å². The van der Waals surface area contributed by atoms with Gasteiger partial charge in [0.25, 0.3) is 0 Å². The maximum Gasteiger partial charge on any atom is 0.00349 e. The SMILES string of the molecule is CC(C)C(C)C1(C)CCCN(C)C1. The Morgan fingerprint density at radius 3 is 2.31 bits per heavy atom. The van der Waals surface area contributed by atoms with Crippen molar-refractivity contribution in [1.29, 1.82) is 0 Å². The van der Waals surface area contributed by atoms with E-state index in [2.05, 4.69) is 39.6 Å². The van der Waals surface area contributed by atoms with Gasteiger partial charge in [0.1, 0.15) is 0 Å². The molecule has 0 radical (unpaired) electrons. The van der Waals surface area contributed by atoms with E-state index >= 15 is 0 Å². The van der Waals surface area contributed by atoms with E-state index in [1.807, 2.05) is 0 Å². The molecule has 1 fully saturated rings. The molecule has 78 valence electrons. The zero-order valence-electron chi connectivity index (χ0n) is 9.93. The molecule has 1 saturated heterocycles. The van der Waals surface area contributed by atoms with E-state index in [9.17, 15) is 0 Å². The highest BCUT2D eigenvalue weighted by Crippen LogP contribution is 2.39. The molecule has 1 aliphatic rings. The van der Waals surface area contributed by atoms with E-state index in [1.165, 1.54) is 25.9 Å². The molecular weight excluding hydrogens is 158 g/mol. The Kier molecular flexibility index (Phi) is 3.39. The molecule has 0 bridgehead atoms. The van der Waals surface area contributed by atoms with Gasteiger partial charge in [-0.15, -0.1) is 0 Å². The molecule has 0 saturated carbocycles. The van der Waals surface area contributed by atoms with E-state index in [-0.39, 0.29) is 0 Å². The van der Waals surface area contributed by atoms with Gasteiger partial charge in [-0.3, -0.25) is 0 Å². The fourth-order valence-corrected chi connectivity index (χ4v) is 2.70. The summed E-state index contributed by atoms with van der Waals surface area (Å²) in [4.78, 5) is 2.49. The fraction of sp³-hybridized carbons (Fsp3) is 1.00. The third-order valence-electron chi connectivity index (χ3n) is 4.02. The van der Waals surface area contributed by atoms with Crippen LogP contribution in [0.15, 0.2) is 0 Å². The van der Waals surface area contributed by atoms with Crippen LogP contribution in [-0.2, 0) is 0 Å². The van der Waals surface area contributed by atoms with Crippen LogP contribution >= 0.6 is 0 Å². The Morgan fingerprint density at radius 1 is 1.23 bits per heavy atom. The summed E-state index contributed by atoms with van der Waals surface area (Å²) in [7, 11) is 2.25. The lowest BCUT2D eigenvalue weighted by Crippen LogP contribution is -2.44. The fourth-order valence-electron chi connectivity index (χ4n) is 2.70. The molecule has 0 aliphatic carbocycles. The first-order chi connectivity index (χ1) is 5.96. The smallest absolute Gasteiger partial charge is 0.00349 e. The van der Waals surface area contributed by atoms with E-state index in [4.69, 9.17) is 0 Å². The second-order valence-corrected chi connectivity index (χ2v) is 5.53. The first-order valence-electron chi connectivity index (χ1n) is 5.64. The predicted octanol–water partition coefficient (Wildman–Crippen LogP) is 3.01. The molecule has 2 atom stereocenters. The zero-order valence-corrected chi connectivity index (χ0v) is 9.93. The molecule has 0 aromatic rings. The lowest BCUT2D eigenvalue weighted by atomic mass is 9.68. The van der Waals surface area contributed by atoms with Gasteiger partial charge in [0.15, 0.2) is 0 Å². The number of hydrogen-bond acceptors (Lipinski definition) is 1. The first-order valence-corrected chi connectivity index (χ1v) is 5.64. The Balaban J connectivity index is 2.63. The van der Waals surface area contributed by atoms with Crippen molar-refractivity contribution in [3.05, 3.63) is 0 Å². The van der Waals surface area contributed by atoms with Gasteiger partial charge in [0, 0.05) is 6.54 Å². The third-order valence-corrected chi connectivity index (χ3v) is 4.02. The van der Waals surface area contributed by atoms with Crippen molar-refractivity contribution >= 4 is 0 Å². The van der Waals surface area contributed by atoms with Crippen LogP contribution < -0.4 is 0 Å². The van der Waals surface area contributed by atoms with Crippen LogP contribution in [0.1, 0.15) is 40.5 Å². The van der Waals surface area contributed by atoms with Crippen molar-refractivity contribution < 1.29 is 0 Å². The normalized spacial score (nSPS) is 33.7. The van der Waals surface area contributed by atoms with Crippen LogP contribution in [0.4, 0.5) is 0 Å². The maximum atomic E-state index is 2.49. The molecule has 0 spiro atoms. The standard InChI is InChI=1S/C12H25N/c1-10(2)11(3)12(4)7-6-8-13(5)9-12/h10-11H,6-9H2,1-5H3. The monoisotopic (exact) mass is 183 g/mol. The van der Waals surface area contributed by atoms with Crippen molar-refractivity contribution in [3.63, 3.8) is 0 Å². The average molecular weight is 183 g/mol. The number of rotatable bonds is 2. The van der Waals surface area contributed by atoms with E-state index in [0.29, 0.717) is 5.41 Å². The molecule has 1 heterocycles. The topological polar surface area (TPSA) is 3.24 Å². The molecule has 1 aliphatic heterocycles. The van der Waals surface area contributed by atoms with Crippen LogP contribution in [0.2, 0.25) is 0 Å². The van der Waals surface area contributed by atoms with Crippen molar-refractivity contribution in [3.8, 4) is 0 Å². The van der Waals surface area contributed by atoms with Crippen molar-refractivity contribution in [2.45, 2.75) is 40.5 Å². The van der Waals surface area contributed by atoms with Gasteiger partial charge >= 0.3 is 0 Å². The summed E-state index contributed by atoms with van der Waals surface area (Å²) in [5.41, 5.74) is 0.557. The first kappa shape index (κ1) is 11.0. The number of nitrogens with zero attached hydrogens (tertiary/aromatic N) is 1. The van der Waals surface area contributed by atoms with Crippen molar-refractivity contribution in [2.24, 2.45) is 17.3 Å². The van der Waals surface area contributed by atoms with Gasteiger partial charge in [-0.2, -0.15) is 0 Å². The van der Waals surface area contributed by atoms with Gasteiger partial charge in [-0.05, 0) is 43.7 Å². The highest BCUT2D eigenvalue weighted by atomic mass is 15.1. The second-order valence-electron chi connectivity index (χ2n) is 5.53. The maximum absolute atomic E-state index is 2.49. The van der Waals surface area contributed by atoms with E-state index < -0.39 is 0 Å². The summed E-state index contributed by atoms with van der Waals surface area (Å²) in [6, 6.07) is 0. The predicted molar refractivity (Wildman–Crippen MR) is 58.8 cm³/mol. The minimum atomic E-state index is 0.557. The summed E-state index contributed by atoms with van der Waals surface area (Å²) < 4.78 is 0. The Labute approximate surface area is 83.5 Å². The van der Waals surface area contributed by atoms with Crippen LogP contribution in [0.3, 0.4) is 0 Å². The summed E-state index contributed by atoms with van der Waals surface area (Å²) >= 11 is 0. The molecule has 0 aromatic heterocycles. The van der Waals surface area contributed by atoms with Crippen LogP contribution in [0, 0.1) is 17.3 Å². The molecule has 0 aromatic carbocycles.